The Labute approximate surface area is 129 Å². The second-order valence-electron chi connectivity index (χ2n) is 6.55. The van der Waals surface area contributed by atoms with E-state index >= 15 is 0 Å². The Bertz CT molecular complexity index is 639. The molecule has 116 valence electrons. The monoisotopic (exact) mass is 300 g/mol. The first-order chi connectivity index (χ1) is 10.8. The number of anilines is 1. The highest BCUT2D eigenvalue weighted by atomic mass is 16.7. The van der Waals surface area contributed by atoms with Crippen LogP contribution in [0, 0.1) is 5.92 Å². The molecule has 6 heteroatoms. The average Bonchev–Trinajstić information content (AvgIpc) is 2.99. The lowest BCUT2D eigenvalue weighted by Gasteiger charge is -2.49. The van der Waals surface area contributed by atoms with E-state index in [4.69, 9.17) is 9.57 Å². The first-order valence-corrected chi connectivity index (χ1v) is 8.11. The van der Waals surface area contributed by atoms with Crippen molar-refractivity contribution in [1.82, 2.24) is 10.2 Å². The van der Waals surface area contributed by atoms with Gasteiger partial charge in [0.15, 0.2) is 5.84 Å². The third-order valence-electron chi connectivity index (χ3n) is 5.28. The average molecular weight is 300 g/mol. The maximum atomic E-state index is 5.94. The fourth-order valence-electron chi connectivity index (χ4n) is 4.12. The predicted octanol–water partition coefficient (Wildman–Crippen LogP) is 1.19. The van der Waals surface area contributed by atoms with Crippen molar-refractivity contribution in [1.29, 1.82) is 0 Å². The largest absolute Gasteiger partial charge is 0.490 e. The summed E-state index contributed by atoms with van der Waals surface area (Å²) in [7, 11) is 0. The molecule has 0 saturated carbocycles. The van der Waals surface area contributed by atoms with Crippen molar-refractivity contribution in [2.24, 2.45) is 11.1 Å². The molecule has 0 aromatic heterocycles. The van der Waals surface area contributed by atoms with Gasteiger partial charge in [0.1, 0.15) is 12.4 Å². The molecule has 0 radical (unpaired) electrons. The van der Waals surface area contributed by atoms with Crippen molar-refractivity contribution < 1.29 is 9.57 Å². The quantitative estimate of drug-likeness (QED) is 0.816. The molecule has 5 aliphatic rings. The highest BCUT2D eigenvalue weighted by Gasteiger charge is 2.52. The Morgan fingerprint density at radius 1 is 1.27 bits per heavy atom. The third kappa shape index (κ3) is 1.73. The fraction of sp³-hybridized carbons (Fsp3) is 0.562. The summed E-state index contributed by atoms with van der Waals surface area (Å²) in [4.78, 5) is 8.41. The highest BCUT2D eigenvalue weighted by Crippen LogP contribution is 2.40. The van der Waals surface area contributed by atoms with Crippen LogP contribution >= 0.6 is 0 Å². The first kappa shape index (κ1) is 12.6. The molecule has 5 heterocycles. The molecule has 2 N–H and O–H groups in total. The molecule has 3 saturated heterocycles. The summed E-state index contributed by atoms with van der Waals surface area (Å²) in [6, 6.07) is 6.06. The van der Waals surface area contributed by atoms with Crippen molar-refractivity contribution in [2.75, 3.05) is 38.1 Å². The van der Waals surface area contributed by atoms with Crippen LogP contribution in [0.1, 0.15) is 18.4 Å². The molecule has 2 bridgehead atoms. The highest BCUT2D eigenvalue weighted by molar-refractivity contribution is 6.05. The van der Waals surface area contributed by atoms with Gasteiger partial charge in [-0.2, -0.15) is 0 Å². The maximum absolute atomic E-state index is 5.94. The van der Waals surface area contributed by atoms with Crippen molar-refractivity contribution >= 4 is 11.5 Å². The second-order valence-corrected chi connectivity index (χ2v) is 6.55. The summed E-state index contributed by atoms with van der Waals surface area (Å²) in [5, 5.41) is 11.4. The van der Waals surface area contributed by atoms with Crippen molar-refractivity contribution in [3.63, 3.8) is 0 Å². The first-order valence-electron chi connectivity index (χ1n) is 8.11. The summed E-state index contributed by atoms with van der Waals surface area (Å²) in [5.74, 6) is 2.26. The van der Waals surface area contributed by atoms with Crippen LogP contribution in [0.4, 0.5) is 5.69 Å². The van der Waals surface area contributed by atoms with Crippen molar-refractivity contribution in [3.8, 4) is 5.75 Å². The van der Waals surface area contributed by atoms with Gasteiger partial charge in [-0.25, -0.2) is 0 Å². The molecule has 3 fully saturated rings. The van der Waals surface area contributed by atoms with Crippen LogP contribution < -0.4 is 15.4 Å². The Kier molecular flexibility index (Phi) is 2.59. The Morgan fingerprint density at radius 2 is 2.18 bits per heavy atom. The molecule has 5 aliphatic heterocycles. The molecule has 1 atom stereocenters. The molecule has 6 rings (SSSR count). The van der Waals surface area contributed by atoms with Gasteiger partial charge < -0.3 is 20.2 Å². The van der Waals surface area contributed by atoms with Crippen molar-refractivity contribution in [3.05, 3.63) is 23.8 Å². The molecule has 0 amide bonds. The van der Waals surface area contributed by atoms with Gasteiger partial charge in [-0.1, -0.05) is 11.2 Å². The SMILES string of the molecule is c1cc2c(c(C3=NOC4(CN5CCC4CC5)N3)c1)NCCO2. The molecule has 0 aliphatic carbocycles. The minimum atomic E-state index is -0.329. The molecular weight excluding hydrogens is 280 g/mol. The van der Waals surface area contributed by atoms with E-state index in [1.165, 1.54) is 25.9 Å². The van der Waals surface area contributed by atoms with E-state index in [0.717, 1.165) is 35.9 Å². The zero-order valence-corrected chi connectivity index (χ0v) is 12.5. The third-order valence-corrected chi connectivity index (χ3v) is 5.28. The summed E-state index contributed by atoms with van der Waals surface area (Å²) < 4.78 is 5.72. The smallest absolute Gasteiger partial charge is 0.224 e. The molecule has 22 heavy (non-hydrogen) atoms. The van der Waals surface area contributed by atoms with Crippen LogP contribution in [0.25, 0.3) is 0 Å². The summed E-state index contributed by atoms with van der Waals surface area (Å²) in [6.45, 7) is 4.81. The Hall–Kier alpha value is -1.95. The second kappa shape index (κ2) is 4.52. The number of benzene rings is 1. The summed E-state index contributed by atoms with van der Waals surface area (Å²) >= 11 is 0. The van der Waals surface area contributed by atoms with Gasteiger partial charge in [-0.05, 0) is 38.1 Å². The van der Waals surface area contributed by atoms with E-state index in [1.807, 2.05) is 12.1 Å². The van der Waals surface area contributed by atoms with E-state index in [1.54, 1.807) is 0 Å². The lowest BCUT2D eigenvalue weighted by atomic mass is 9.81. The van der Waals surface area contributed by atoms with Crippen LogP contribution in [-0.2, 0) is 4.84 Å². The molecule has 1 aromatic rings. The number of rotatable bonds is 1. The number of hydrogen-bond donors (Lipinski definition) is 2. The van der Waals surface area contributed by atoms with Crippen LogP contribution in [0.2, 0.25) is 0 Å². The molecular formula is C16H20N4O2. The molecule has 1 unspecified atom stereocenters. The number of oxime groups is 1. The van der Waals surface area contributed by atoms with Gasteiger partial charge in [0.2, 0.25) is 5.72 Å². The minimum Gasteiger partial charge on any atom is -0.490 e. The van der Waals surface area contributed by atoms with E-state index < -0.39 is 0 Å². The normalized spacial score (nSPS) is 35.0. The van der Waals surface area contributed by atoms with Crippen LogP contribution in [0.3, 0.4) is 0 Å². The van der Waals surface area contributed by atoms with E-state index in [0.29, 0.717) is 12.5 Å². The number of ether oxygens (including phenoxy) is 1. The van der Waals surface area contributed by atoms with Gasteiger partial charge in [-0.3, -0.25) is 4.90 Å². The standard InChI is InChI=1S/C16H20N4O2/c1-2-12(14-13(3-1)21-9-6-17-14)15-18-16(22-19-15)10-20-7-4-11(16)5-8-20/h1-3,11,17H,4-10H2,(H,18,19). The van der Waals surface area contributed by atoms with Crippen LogP contribution in [0.5, 0.6) is 5.75 Å². The topological polar surface area (TPSA) is 58.1 Å². The summed E-state index contributed by atoms with van der Waals surface area (Å²) in [6.07, 6.45) is 2.37. The van der Waals surface area contributed by atoms with E-state index in [-0.39, 0.29) is 5.72 Å². The Balaban J connectivity index is 1.46. The van der Waals surface area contributed by atoms with Gasteiger partial charge in [0.25, 0.3) is 0 Å². The van der Waals surface area contributed by atoms with Gasteiger partial charge in [0, 0.05) is 18.0 Å². The Morgan fingerprint density at radius 3 is 3.00 bits per heavy atom. The minimum absolute atomic E-state index is 0.329. The predicted molar refractivity (Wildman–Crippen MR) is 83.1 cm³/mol. The van der Waals surface area contributed by atoms with Crippen LogP contribution in [-0.4, -0.2) is 49.2 Å². The number of nitrogens with zero attached hydrogens (tertiary/aromatic N) is 2. The zero-order valence-electron chi connectivity index (χ0n) is 12.5. The lowest BCUT2D eigenvalue weighted by Crippen LogP contribution is -2.65. The molecule has 1 aromatic carbocycles. The van der Waals surface area contributed by atoms with E-state index in [2.05, 4.69) is 26.8 Å². The maximum Gasteiger partial charge on any atom is 0.224 e. The number of nitrogens with one attached hydrogen (secondary N) is 2. The number of para-hydroxylation sites is 1. The fourth-order valence-corrected chi connectivity index (χ4v) is 4.12. The number of hydrogen-bond acceptors (Lipinski definition) is 6. The van der Waals surface area contributed by atoms with Gasteiger partial charge in [-0.15, -0.1) is 0 Å². The van der Waals surface area contributed by atoms with Crippen molar-refractivity contribution in [2.45, 2.75) is 18.6 Å². The van der Waals surface area contributed by atoms with Gasteiger partial charge >= 0.3 is 0 Å². The lowest BCUT2D eigenvalue weighted by molar-refractivity contribution is -0.148. The zero-order chi connectivity index (χ0) is 14.6. The summed E-state index contributed by atoms with van der Waals surface area (Å²) in [5.41, 5.74) is 1.72. The number of amidine groups is 1. The van der Waals surface area contributed by atoms with Gasteiger partial charge in [0.05, 0.1) is 12.2 Å². The van der Waals surface area contributed by atoms with E-state index in [9.17, 15) is 0 Å². The number of fused-ring (bicyclic) bond motifs is 3. The molecule has 1 spiro atoms. The van der Waals surface area contributed by atoms with Crippen LogP contribution in [0.15, 0.2) is 23.4 Å². The molecule has 6 nitrogen and oxygen atoms in total. The number of piperidine rings is 3.